The van der Waals surface area contributed by atoms with E-state index in [1.807, 2.05) is 4.90 Å². The molecule has 2 fully saturated rings. The second kappa shape index (κ2) is 10.5. The molecule has 1 unspecified atom stereocenters. The van der Waals surface area contributed by atoms with Crippen LogP contribution in [0.2, 0.25) is 0 Å². The van der Waals surface area contributed by atoms with Gasteiger partial charge in [-0.2, -0.15) is 0 Å². The lowest BCUT2D eigenvalue weighted by Crippen LogP contribution is -2.42. The first-order valence-electron chi connectivity index (χ1n) is 8.01. The molecule has 1 amide bonds. The lowest BCUT2D eigenvalue weighted by Gasteiger charge is -2.25. The van der Waals surface area contributed by atoms with Gasteiger partial charge in [0, 0.05) is 26.2 Å². The summed E-state index contributed by atoms with van der Waals surface area (Å²) in [6.07, 6.45) is 3.41. The van der Waals surface area contributed by atoms with E-state index in [9.17, 15) is 9.90 Å². The molecule has 2 saturated heterocycles. The fourth-order valence-corrected chi connectivity index (χ4v) is 2.88. The van der Waals surface area contributed by atoms with Crippen LogP contribution in [0.3, 0.4) is 0 Å². The predicted octanol–water partition coefficient (Wildman–Crippen LogP) is -0.302. The highest BCUT2D eigenvalue weighted by Gasteiger charge is 2.22. The monoisotopic (exact) mass is 315 g/mol. The van der Waals surface area contributed by atoms with E-state index in [2.05, 4.69) is 16.8 Å². The minimum atomic E-state index is -0.250. The van der Waals surface area contributed by atoms with E-state index in [-0.39, 0.29) is 18.5 Å². The van der Waals surface area contributed by atoms with Crippen LogP contribution >= 0.6 is 0 Å². The first kappa shape index (κ1) is 18.9. The molecule has 0 aromatic carbocycles. The summed E-state index contributed by atoms with van der Waals surface area (Å²) in [6.45, 7) is 6.00. The molecule has 1 atom stereocenters. The predicted molar refractivity (Wildman–Crippen MR) is 83.7 cm³/mol. The Morgan fingerprint density at radius 2 is 1.82 bits per heavy atom. The van der Waals surface area contributed by atoms with Crippen LogP contribution in [0.5, 0.6) is 0 Å². The van der Waals surface area contributed by atoms with Gasteiger partial charge in [-0.05, 0) is 45.8 Å². The molecule has 0 aromatic heterocycles. The molecule has 0 aromatic rings. The fourth-order valence-electron chi connectivity index (χ4n) is 2.88. The van der Waals surface area contributed by atoms with Crippen LogP contribution in [0.4, 0.5) is 0 Å². The van der Waals surface area contributed by atoms with Crippen molar-refractivity contribution in [2.24, 2.45) is 0 Å². The van der Waals surface area contributed by atoms with E-state index in [0.29, 0.717) is 13.1 Å². The number of rotatable bonds is 2. The number of likely N-dealkylation sites (N-methyl/N-ethyl adjacent to an activating group) is 1. The van der Waals surface area contributed by atoms with Crippen molar-refractivity contribution in [3.8, 4) is 0 Å². The van der Waals surface area contributed by atoms with Crippen LogP contribution in [0.15, 0.2) is 0 Å². The van der Waals surface area contributed by atoms with Gasteiger partial charge in [0.25, 0.3) is 6.47 Å². The smallest absolute Gasteiger partial charge is 0.290 e. The zero-order valence-corrected chi connectivity index (χ0v) is 13.5. The molecule has 2 N–H and O–H groups in total. The number of hydrogen-bond donors (Lipinski definition) is 2. The van der Waals surface area contributed by atoms with Gasteiger partial charge in [0.05, 0.1) is 12.6 Å². The Morgan fingerprint density at radius 3 is 2.55 bits per heavy atom. The van der Waals surface area contributed by atoms with Crippen LogP contribution in [0, 0.1) is 0 Å². The average molecular weight is 315 g/mol. The number of carbonyl (C=O) groups is 2. The summed E-state index contributed by atoms with van der Waals surface area (Å²) in [4.78, 5) is 27.2. The maximum atomic E-state index is 12.3. The summed E-state index contributed by atoms with van der Waals surface area (Å²) in [7, 11) is 2.14. The fraction of sp³-hybridized carbons (Fsp3) is 0.867. The highest BCUT2D eigenvalue weighted by molar-refractivity contribution is 5.78. The van der Waals surface area contributed by atoms with Gasteiger partial charge in [-0.3, -0.25) is 14.5 Å². The van der Waals surface area contributed by atoms with Crippen molar-refractivity contribution in [1.82, 2.24) is 14.7 Å². The second-order valence-corrected chi connectivity index (χ2v) is 6.00. The highest BCUT2D eigenvalue weighted by Crippen LogP contribution is 2.11. The molecule has 22 heavy (non-hydrogen) atoms. The molecular formula is C15H29N3O4. The van der Waals surface area contributed by atoms with Crippen molar-refractivity contribution in [3.63, 3.8) is 0 Å². The number of hydrogen-bond acceptors (Lipinski definition) is 5. The van der Waals surface area contributed by atoms with Crippen molar-refractivity contribution in [1.29, 1.82) is 0 Å². The summed E-state index contributed by atoms with van der Waals surface area (Å²) >= 11 is 0. The van der Waals surface area contributed by atoms with E-state index >= 15 is 0 Å². The number of carboxylic acid groups (broad SMARTS) is 1. The topological polar surface area (TPSA) is 84.3 Å². The molecule has 0 spiro atoms. The molecule has 2 heterocycles. The lowest BCUT2D eigenvalue weighted by atomic mass is 10.2. The number of nitrogens with zero attached hydrogens (tertiary/aromatic N) is 3. The summed E-state index contributed by atoms with van der Waals surface area (Å²) in [5, 5.41) is 16.5. The van der Waals surface area contributed by atoms with Gasteiger partial charge in [-0.25, -0.2) is 0 Å². The van der Waals surface area contributed by atoms with Gasteiger partial charge in [0.15, 0.2) is 0 Å². The van der Waals surface area contributed by atoms with Gasteiger partial charge in [-0.15, -0.1) is 0 Å². The number of aliphatic hydroxyl groups excluding tert-OH is 1. The summed E-state index contributed by atoms with van der Waals surface area (Å²) in [6, 6.07) is 0. The minimum absolute atomic E-state index is 0.218. The Hall–Kier alpha value is -1.18. The van der Waals surface area contributed by atoms with E-state index in [4.69, 9.17) is 9.90 Å². The Bertz CT molecular complexity index is 341. The quantitative estimate of drug-likeness (QED) is 0.681. The van der Waals surface area contributed by atoms with Crippen molar-refractivity contribution in [2.75, 3.05) is 52.9 Å². The number of carbonyl (C=O) groups excluding carboxylic acids is 1. The Balaban J connectivity index is 0.000000745. The van der Waals surface area contributed by atoms with Crippen molar-refractivity contribution < 1.29 is 19.8 Å². The molecule has 0 radical (unpaired) electrons. The maximum Gasteiger partial charge on any atom is 0.290 e. The molecule has 7 nitrogen and oxygen atoms in total. The summed E-state index contributed by atoms with van der Waals surface area (Å²) in [5.74, 6) is 0.235. The molecule has 7 heteroatoms. The second-order valence-electron chi connectivity index (χ2n) is 6.00. The third-order valence-electron chi connectivity index (χ3n) is 4.22. The summed E-state index contributed by atoms with van der Waals surface area (Å²) < 4.78 is 0. The number of amides is 1. The zero-order valence-electron chi connectivity index (χ0n) is 13.5. The standard InChI is InChI=1S/C14H27N3O2.CH2O2/c1-15-6-3-7-16(11-10-15)12-14(19)17-8-2-4-13(18)5-9-17;2-1-3/h13,18H,2-12H2,1H3;1H,(H,2,3). The van der Waals surface area contributed by atoms with Crippen molar-refractivity contribution >= 4 is 12.4 Å². The van der Waals surface area contributed by atoms with E-state index in [1.54, 1.807) is 0 Å². The largest absolute Gasteiger partial charge is 0.483 e. The van der Waals surface area contributed by atoms with Gasteiger partial charge < -0.3 is 20.0 Å². The minimum Gasteiger partial charge on any atom is -0.483 e. The van der Waals surface area contributed by atoms with Gasteiger partial charge in [-0.1, -0.05) is 0 Å². The van der Waals surface area contributed by atoms with E-state index in [0.717, 1.165) is 58.4 Å². The lowest BCUT2D eigenvalue weighted by molar-refractivity contribution is -0.132. The van der Waals surface area contributed by atoms with Crippen LogP contribution in [-0.2, 0) is 9.59 Å². The molecule has 0 saturated carbocycles. The first-order chi connectivity index (χ1) is 10.6. The van der Waals surface area contributed by atoms with Crippen molar-refractivity contribution in [3.05, 3.63) is 0 Å². The Kier molecular flexibility index (Phi) is 9.03. The van der Waals surface area contributed by atoms with Gasteiger partial charge in [0.2, 0.25) is 5.91 Å². The molecule has 2 aliphatic rings. The van der Waals surface area contributed by atoms with Crippen LogP contribution < -0.4 is 0 Å². The third kappa shape index (κ3) is 7.20. The number of aliphatic hydroxyl groups is 1. The molecule has 2 rings (SSSR count). The molecule has 0 bridgehead atoms. The van der Waals surface area contributed by atoms with Crippen LogP contribution in [0.25, 0.3) is 0 Å². The first-order valence-corrected chi connectivity index (χ1v) is 8.01. The van der Waals surface area contributed by atoms with Crippen LogP contribution in [0.1, 0.15) is 25.7 Å². The molecular weight excluding hydrogens is 286 g/mol. The SMILES string of the molecule is CN1CCCN(CC(=O)N2CCCC(O)CC2)CC1.O=CO. The molecule has 0 aliphatic carbocycles. The average Bonchev–Trinajstić information content (AvgIpc) is 2.81. The molecule has 2 aliphatic heterocycles. The molecule has 128 valence electrons. The van der Waals surface area contributed by atoms with E-state index < -0.39 is 0 Å². The maximum absolute atomic E-state index is 12.3. The van der Waals surface area contributed by atoms with Crippen LogP contribution in [-0.4, -0.2) is 96.3 Å². The van der Waals surface area contributed by atoms with Gasteiger partial charge >= 0.3 is 0 Å². The Morgan fingerprint density at radius 1 is 1.09 bits per heavy atom. The van der Waals surface area contributed by atoms with Crippen molar-refractivity contribution in [2.45, 2.75) is 31.8 Å². The normalized spacial score (nSPS) is 24.6. The Labute approximate surface area is 132 Å². The van der Waals surface area contributed by atoms with E-state index in [1.165, 1.54) is 0 Å². The van der Waals surface area contributed by atoms with Gasteiger partial charge in [0.1, 0.15) is 0 Å². The highest BCUT2D eigenvalue weighted by atomic mass is 16.3. The zero-order chi connectivity index (χ0) is 16.4. The number of likely N-dealkylation sites (tertiary alicyclic amines) is 1. The third-order valence-corrected chi connectivity index (χ3v) is 4.22. The summed E-state index contributed by atoms with van der Waals surface area (Å²) in [5.41, 5.74) is 0.